The van der Waals surface area contributed by atoms with Crippen LogP contribution in [0.3, 0.4) is 0 Å². The van der Waals surface area contributed by atoms with Crippen molar-refractivity contribution < 1.29 is 8.42 Å². The molecule has 1 aromatic rings. The summed E-state index contributed by atoms with van der Waals surface area (Å²) in [6, 6.07) is 1.92. The van der Waals surface area contributed by atoms with Gasteiger partial charge >= 0.3 is 0 Å². The lowest BCUT2D eigenvalue weighted by Gasteiger charge is -2.20. The van der Waals surface area contributed by atoms with Gasteiger partial charge < -0.3 is 4.57 Å². The first-order chi connectivity index (χ1) is 9.90. The SMILES string of the molecule is CCCN(CC1CC1)S(=O)(=O)c1cc(CCl)n(C(C)C)c1. The third-order valence-corrected chi connectivity index (χ3v) is 5.97. The standard InChI is InChI=1S/C15H25ClN2O2S/c1-4-7-17(10-13-5-6-13)21(19,20)15-8-14(9-16)18(11-15)12(2)3/h8,11-13H,4-7,9-10H2,1-3H3. The molecular formula is C15H25ClN2O2S. The molecule has 0 saturated heterocycles. The lowest BCUT2D eigenvalue weighted by molar-refractivity contribution is 0.395. The Morgan fingerprint density at radius 2 is 2.10 bits per heavy atom. The van der Waals surface area contributed by atoms with Crippen LogP contribution in [0, 0.1) is 5.92 Å². The largest absolute Gasteiger partial charge is 0.346 e. The maximum Gasteiger partial charge on any atom is 0.244 e. The number of aromatic nitrogens is 1. The average molecular weight is 333 g/mol. The molecule has 2 rings (SSSR count). The van der Waals surface area contributed by atoms with Crippen molar-refractivity contribution in [2.75, 3.05) is 13.1 Å². The normalized spacial score (nSPS) is 16.1. The maximum atomic E-state index is 12.9. The van der Waals surface area contributed by atoms with Crippen LogP contribution in [0.15, 0.2) is 17.2 Å². The van der Waals surface area contributed by atoms with Crippen molar-refractivity contribution in [2.45, 2.75) is 56.9 Å². The van der Waals surface area contributed by atoms with Gasteiger partial charge in [-0.25, -0.2) is 8.42 Å². The molecule has 1 aromatic heterocycles. The zero-order valence-electron chi connectivity index (χ0n) is 13.0. The van der Waals surface area contributed by atoms with Crippen LogP contribution in [0.25, 0.3) is 0 Å². The molecular weight excluding hydrogens is 308 g/mol. The molecule has 120 valence electrons. The van der Waals surface area contributed by atoms with E-state index in [2.05, 4.69) is 0 Å². The molecule has 1 fully saturated rings. The number of alkyl halides is 1. The third-order valence-electron chi connectivity index (χ3n) is 3.87. The molecule has 0 aromatic carbocycles. The van der Waals surface area contributed by atoms with Gasteiger partial charge in [-0.2, -0.15) is 4.31 Å². The van der Waals surface area contributed by atoms with E-state index in [0.717, 1.165) is 25.0 Å². The van der Waals surface area contributed by atoms with Crippen molar-refractivity contribution >= 4 is 21.6 Å². The van der Waals surface area contributed by atoms with Crippen LogP contribution in [0.1, 0.15) is 51.8 Å². The Labute approximate surface area is 133 Å². The minimum absolute atomic E-state index is 0.200. The quantitative estimate of drug-likeness (QED) is 0.682. The smallest absolute Gasteiger partial charge is 0.244 e. The minimum Gasteiger partial charge on any atom is -0.346 e. The van der Waals surface area contributed by atoms with Gasteiger partial charge in [-0.05, 0) is 45.1 Å². The fraction of sp³-hybridized carbons (Fsp3) is 0.733. The summed E-state index contributed by atoms with van der Waals surface area (Å²) in [5, 5.41) is 0. The summed E-state index contributed by atoms with van der Waals surface area (Å²) in [6.45, 7) is 7.31. The van der Waals surface area contributed by atoms with E-state index in [9.17, 15) is 8.42 Å². The molecule has 0 atom stereocenters. The van der Waals surface area contributed by atoms with Gasteiger partial charge in [0.05, 0.1) is 5.88 Å². The maximum absolute atomic E-state index is 12.9. The lowest BCUT2D eigenvalue weighted by Crippen LogP contribution is -2.33. The molecule has 1 aliphatic rings. The van der Waals surface area contributed by atoms with Gasteiger partial charge in [0, 0.05) is 31.0 Å². The second-order valence-corrected chi connectivity index (χ2v) is 8.31. The van der Waals surface area contributed by atoms with E-state index in [-0.39, 0.29) is 6.04 Å². The van der Waals surface area contributed by atoms with Gasteiger partial charge in [0.25, 0.3) is 0 Å². The Bertz CT molecular complexity index is 576. The van der Waals surface area contributed by atoms with Crippen LogP contribution in [-0.2, 0) is 15.9 Å². The van der Waals surface area contributed by atoms with Gasteiger partial charge in [0.15, 0.2) is 0 Å². The van der Waals surface area contributed by atoms with E-state index in [1.165, 1.54) is 0 Å². The van der Waals surface area contributed by atoms with Gasteiger partial charge in [-0.1, -0.05) is 6.92 Å². The van der Waals surface area contributed by atoms with Crippen LogP contribution in [0.5, 0.6) is 0 Å². The molecule has 0 amide bonds. The van der Waals surface area contributed by atoms with E-state index in [0.29, 0.717) is 29.8 Å². The van der Waals surface area contributed by atoms with Crippen LogP contribution in [0.4, 0.5) is 0 Å². The van der Waals surface area contributed by atoms with Crippen LogP contribution in [-0.4, -0.2) is 30.4 Å². The number of nitrogens with zero attached hydrogens (tertiary/aromatic N) is 2. The topological polar surface area (TPSA) is 42.3 Å². The molecule has 0 aliphatic heterocycles. The van der Waals surface area contributed by atoms with Crippen LogP contribution in [0.2, 0.25) is 0 Å². The summed E-state index contributed by atoms with van der Waals surface area (Å²) in [4.78, 5) is 0.376. The van der Waals surface area contributed by atoms with Crippen LogP contribution >= 0.6 is 11.6 Å². The highest BCUT2D eigenvalue weighted by atomic mass is 35.5. The number of rotatable bonds is 8. The number of sulfonamides is 1. The Morgan fingerprint density at radius 3 is 2.52 bits per heavy atom. The number of halogens is 1. The molecule has 4 nitrogen and oxygen atoms in total. The van der Waals surface area contributed by atoms with E-state index in [4.69, 9.17) is 11.6 Å². The molecule has 0 unspecified atom stereocenters. The molecule has 0 bridgehead atoms. The van der Waals surface area contributed by atoms with Crippen molar-refractivity contribution in [1.82, 2.24) is 8.87 Å². The zero-order chi connectivity index (χ0) is 15.6. The highest BCUT2D eigenvalue weighted by molar-refractivity contribution is 7.89. The van der Waals surface area contributed by atoms with Gasteiger partial charge in [0.1, 0.15) is 4.90 Å². The molecule has 0 spiro atoms. The Morgan fingerprint density at radius 1 is 1.43 bits per heavy atom. The van der Waals surface area contributed by atoms with E-state index < -0.39 is 10.0 Å². The zero-order valence-corrected chi connectivity index (χ0v) is 14.6. The fourth-order valence-corrected chi connectivity index (χ4v) is 4.40. The van der Waals surface area contributed by atoms with Crippen LogP contribution < -0.4 is 0 Å². The monoisotopic (exact) mass is 332 g/mol. The molecule has 1 heterocycles. The summed E-state index contributed by atoms with van der Waals surface area (Å²) in [5.41, 5.74) is 0.855. The van der Waals surface area contributed by atoms with Crippen molar-refractivity contribution in [3.63, 3.8) is 0 Å². The van der Waals surface area contributed by atoms with Gasteiger partial charge in [-0.15, -0.1) is 11.6 Å². The Balaban J connectivity index is 2.31. The van der Waals surface area contributed by atoms with Gasteiger partial charge in [-0.3, -0.25) is 0 Å². The molecule has 0 radical (unpaired) electrons. The van der Waals surface area contributed by atoms with Crippen molar-refractivity contribution in [2.24, 2.45) is 5.92 Å². The number of hydrogen-bond donors (Lipinski definition) is 0. The summed E-state index contributed by atoms with van der Waals surface area (Å²) in [6.07, 6.45) is 4.86. The molecule has 21 heavy (non-hydrogen) atoms. The fourth-order valence-electron chi connectivity index (χ4n) is 2.52. The Hall–Kier alpha value is -0.520. The van der Waals surface area contributed by atoms with Crippen molar-refractivity contribution in [3.05, 3.63) is 18.0 Å². The highest BCUT2D eigenvalue weighted by Crippen LogP contribution is 2.32. The first-order valence-electron chi connectivity index (χ1n) is 7.67. The highest BCUT2D eigenvalue weighted by Gasteiger charge is 2.32. The number of hydrogen-bond acceptors (Lipinski definition) is 2. The first kappa shape index (κ1) is 16.8. The van der Waals surface area contributed by atoms with Crippen molar-refractivity contribution in [3.8, 4) is 0 Å². The molecule has 1 aliphatic carbocycles. The predicted octanol–water partition coefficient (Wildman–Crippen LogP) is 3.62. The second-order valence-electron chi connectivity index (χ2n) is 6.11. The summed E-state index contributed by atoms with van der Waals surface area (Å²) in [5.74, 6) is 0.871. The average Bonchev–Trinajstić information content (AvgIpc) is 3.12. The molecule has 1 saturated carbocycles. The molecule has 6 heteroatoms. The van der Waals surface area contributed by atoms with E-state index >= 15 is 0 Å². The van der Waals surface area contributed by atoms with E-state index in [1.54, 1.807) is 16.6 Å². The van der Waals surface area contributed by atoms with Gasteiger partial charge in [0.2, 0.25) is 10.0 Å². The van der Waals surface area contributed by atoms with E-state index in [1.807, 2.05) is 25.3 Å². The Kier molecular flexibility index (Phi) is 5.38. The molecule has 0 N–H and O–H groups in total. The summed E-state index contributed by atoms with van der Waals surface area (Å²) in [7, 11) is -3.41. The third kappa shape index (κ3) is 3.82. The first-order valence-corrected chi connectivity index (χ1v) is 9.64. The summed E-state index contributed by atoms with van der Waals surface area (Å²) >= 11 is 5.95. The summed E-state index contributed by atoms with van der Waals surface area (Å²) < 4.78 is 29.3. The minimum atomic E-state index is -3.41. The lowest BCUT2D eigenvalue weighted by atomic mass is 10.4. The van der Waals surface area contributed by atoms with Crippen molar-refractivity contribution in [1.29, 1.82) is 0 Å². The predicted molar refractivity (Wildman–Crippen MR) is 86.1 cm³/mol. The second kappa shape index (κ2) is 6.71.